The van der Waals surface area contributed by atoms with Gasteiger partial charge in [-0.25, -0.2) is 4.79 Å². The SMILES string of the molecule is O=C1NCCN1C1CCCN(c2c(F)c(F)nc(F)c2F)C1. The van der Waals surface area contributed by atoms with Crippen LogP contribution in [-0.4, -0.2) is 48.1 Å². The highest BCUT2D eigenvalue weighted by Crippen LogP contribution is 2.30. The Morgan fingerprint density at radius 3 is 2.36 bits per heavy atom. The molecule has 2 fully saturated rings. The monoisotopic (exact) mass is 318 g/mol. The summed E-state index contributed by atoms with van der Waals surface area (Å²) in [7, 11) is 0. The molecule has 22 heavy (non-hydrogen) atoms. The number of urea groups is 1. The summed E-state index contributed by atoms with van der Waals surface area (Å²) in [5.41, 5.74) is -0.755. The minimum atomic E-state index is -1.67. The Hall–Kier alpha value is -2.06. The maximum Gasteiger partial charge on any atom is 0.317 e. The molecular formula is C13H14F4N4O. The first-order valence-corrected chi connectivity index (χ1v) is 6.98. The molecule has 120 valence electrons. The molecule has 1 aromatic heterocycles. The number of nitrogens with zero attached hydrogens (tertiary/aromatic N) is 3. The average molecular weight is 318 g/mol. The Labute approximate surface area is 123 Å². The van der Waals surface area contributed by atoms with Gasteiger partial charge in [0.2, 0.25) is 11.6 Å². The fraction of sp³-hybridized carbons (Fsp3) is 0.538. The van der Waals surface area contributed by atoms with Crippen molar-refractivity contribution >= 4 is 11.7 Å². The zero-order valence-electron chi connectivity index (χ0n) is 11.6. The van der Waals surface area contributed by atoms with Crippen molar-refractivity contribution in [3.8, 4) is 0 Å². The Balaban J connectivity index is 1.88. The largest absolute Gasteiger partial charge is 0.364 e. The second-order valence-corrected chi connectivity index (χ2v) is 5.34. The third-order valence-corrected chi connectivity index (χ3v) is 4.02. The zero-order chi connectivity index (χ0) is 15.9. The van der Waals surface area contributed by atoms with Crippen LogP contribution in [0.1, 0.15) is 12.8 Å². The lowest BCUT2D eigenvalue weighted by Gasteiger charge is -2.38. The van der Waals surface area contributed by atoms with Gasteiger partial charge in [-0.15, -0.1) is 0 Å². The number of hydrogen-bond donors (Lipinski definition) is 1. The number of carbonyl (C=O) groups is 1. The molecule has 0 radical (unpaired) electrons. The van der Waals surface area contributed by atoms with Crippen LogP contribution in [0.3, 0.4) is 0 Å². The van der Waals surface area contributed by atoms with Crippen LogP contribution in [0.5, 0.6) is 0 Å². The molecule has 2 amide bonds. The van der Waals surface area contributed by atoms with Crippen LogP contribution < -0.4 is 10.2 Å². The molecule has 0 aromatic carbocycles. The van der Waals surface area contributed by atoms with E-state index < -0.39 is 29.2 Å². The van der Waals surface area contributed by atoms with Gasteiger partial charge < -0.3 is 15.1 Å². The maximum absolute atomic E-state index is 13.8. The van der Waals surface area contributed by atoms with Gasteiger partial charge in [0.05, 0.1) is 6.04 Å². The number of pyridine rings is 1. The van der Waals surface area contributed by atoms with Gasteiger partial charge in [0.15, 0.2) is 0 Å². The summed E-state index contributed by atoms with van der Waals surface area (Å²) in [6.07, 6.45) is 1.22. The lowest BCUT2D eigenvalue weighted by molar-refractivity contribution is 0.189. The van der Waals surface area contributed by atoms with Gasteiger partial charge in [0.25, 0.3) is 11.9 Å². The molecule has 2 aliphatic rings. The van der Waals surface area contributed by atoms with Gasteiger partial charge in [0.1, 0.15) is 5.69 Å². The number of hydrogen-bond acceptors (Lipinski definition) is 3. The summed E-state index contributed by atoms with van der Waals surface area (Å²) in [6.45, 7) is 1.38. The van der Waals surface area contributed by atoms with Crippen LogP contribution in [-0.2, 0) is 0 Å². The summed E-state index contributed by atoms with van der Waals surface area (Å²) in [6, 6.07) is -0.491. The number of halogens is 4. The quantitative estimate of drug-likeness (QED) is 0.666. The second kappa shape index (κ2) is 5.62. The molecule has 3 heterocycles. The van der Waals surface area contributed by atoms with Gasteiger partial charge in [-0.3, -0.25) is 0 Å². The molecule has 0 saturated carbocycles. The van der Waals surface area contributed by atoms with Gasteiger partial charge in [0, 0.05) is 26.2 Å². The van der Waals surface area contributed by atoms with Gasteiger partial charge >= 0.3 is 6.03 Å². The van der Waals surface area contributed by atoms with Crippen LogP contribution in [0.25, 0.3) is 0 Å². The van der Waals surface area contributed by atoms with Crippen molar-refractivity contribution < 1.29 is 22.4 Å². The number of piperidine rings is 1. The zero-order valence-corrected chi connectivity index (χ0v) is 11.6. The highest BCUT2D eigenvalue weighted by molar-refractivity contribution is 5.76. The fourth-order valence-corrected chi connectivity index (χ4v) is 3.00. The summed E-state index contributed by atoms with van der Waals surface area (Å²) < 4.78 is 54.1. The lowest BCUT2D eigenvalue weighted by Crippen LogP contribution is -2.49. The number of nitrogens with one attached hydrogen (secondary N) is 1. The van der Waals surface area contributed by atoms with E-state index in [1.807, 2.05) is 0 Å². The van der Waals surface area contributed by atoms with E-state index in [2.05, 4.69) is 10.3 Å². The van der Waals surface area contributed by atoms with Crippen molar-refractivity contribution in [3.05, 3.63) is 23.5 Å². The third kappa shape index (κ3) is 2.44. The van der Waals surface area contributed by atoms with Crippen LogP contribution in [0, 0.1) is 23.5 Å². The molecule has 9 heteroatoms. The molecule has 0 bridgehead atoms. The van der Waals surface area contributed by atoms with E-state index in [0.29, 0.717) is 25.9 Å². The van der Waals surface area contributed by atoms with Gasteiger partial charge in [-0.1, -0.05) is 0 Å². The maximum atomic E-state index is 13.8. The normalized spacial score (nSPS) is 22.2. The number of anilines is 1. The number of carbonyl (C=O) groups excluding carboxylic acids is 1. The van der Waals surface area contributed by atoms with Crippen LogP contribution in [0.2, 0.25) is 0 Å². The lowest BCUT2D eigenvalue weighted by atomic mass is 10.0. The fourth-order valence-electron chi connectivity index (χ4n) is 3.00. The Morgan fingerprint density at radius 2 is 1.77 bits per heavy atom. The molecule has 5 nitrogen and oxygen atoms in total. The van der Waals surface area contributed by atoms with Crippen molar-refractivity contribution in [1.82, 2.24) is 15.2 Å². The van der Waals surface area contributed by atoms with Crippen LogP contribution >= 0.6 is 0 Å². The molecule has 1 unspecified atom stereocenters. The van der Waals surface area contributed by atoms with E-state index in [4.69, 9.17) is 0 Å². The summed E-state index contributed by atoms with van der Waals surface area (Å²) in [5.74, 6) is -6.36. The molecule has 2 saturated heterocycles. The van der Waals surface area contributed by atoms with E-state index in [1.165, 1.54) is 4.90 Å². The molecule has 1 N–H and O–H groups in total. The smallest absolute Gasteiger partial charge is 0.317 e. The average Bonchev–Trinajstić information content (AvgIpc) is 2.92. The van der Waals surface area contributed by atoms with Crippen molar-refractivity contribution in [1.29, 1.82) is 0 Å². The summed E-state index contributed by atoms with van der Waals surface area (Å²) >= 11 is 0. The summed E-state index contributed by atoms with van der Waals surface area (Å²) in [4.78, 5) is 17.0. The van der Waals surface area contributed by atoms with Crippen molar-refractivity contribution in [2.24, 2.45) is 0 Å². The minimum Gasteiger partial charge on any atom is -0.364 e. The standard InChI is InChI=1S/C13H14F4N4O/c14-8-10(9(15)12(17)19-11(8)16)20-4-1-2-7(6-20)21-5-3-18-13(21)22/h7H,1-6H2,(H,18,22). The topological polar surface area (TPSA) is 48.5 Å². The van der Waals surface area contributed by atoms with Crippen molar-refractivity contribution in [2.45, 2.75) is 18.9 Å². The number of rotatable bonds is 2. The summed E-state index contributed by atoms with van der Waals surface area (Å²) in [5, 5.41) is 2.65. The van der Waals surface area contributed by atoms with E-state index in [1.54, 1.807) is 4.90 Å². The van der Waals surface area contributed by atoms with E-state index in [0.717, 1.165) is 0 Å². The highest BCUT2D eigenvalue weighted by atomic mass is 19.2. The van der Waals surface area contributed by atoms with Crippen molar-refractivity contribution in [2.75, 3.05) is 31.1 Å². The Kier molecular flexibility index (Phi) is 3.79. The third-order valence-electron chi connectivity index (χ3n) is 4.02. The Bertz CT molecular complexity index is 586. The molecule has 3 rings (SSSR count). The van der Waals surface area contributed by atoms with Crippen molar-refractivity contribution in [3.63, 3.8) is 0 Å². The first-order valence-electron chi connectivity index (χ1n) is 6.98. The molecule has 0 spiro atoms. The van der Waals surface area contributed by atoms with E-state index in [9.17, 15) is 22.4 Å². The first-order chi connectivity index (χ1) is 10.5. The van der Waals surface area contributed by atoms with Crippen LogP contribution in [0.15, 0.2) is 0 Å². The Morgan fingerprint density at radius 1 is 1.09 bits per heavy atom. The number of aromatic nitrogens is 1. The molecule has 2 aliphatic heterocycles. The van der Waals surface area contributed by atoms with E-state index in [-0.39, 0.29) is 25.2 Å². The van der Waals surface area contributed by atoms with Gasteiger partial charge in [-0.05, 0) is 12.8 Å². The molecule has 1 atom stereocenters. The minimum absolute atomic E-state index is 0.115. The van der Waals surface area contributed by atoms with Crippen LogP contribution in [0.4, 0.5) is 28.0 Å². The molecule has 1 aromatic rings. The predicted molar refractivity (Wildman–Crippen MR) is 69.4 cm³/mol. The molecular weight excluding hydrogens is 304 g/mol. The first kappa shape index (κ1) is 14.9. The van der Waals surface area contributed by atoms with Gasteiger partial charge in [-0.2, -0.15) is 22.5 Å². The predicted octanol–water partition coefficient (Wildman–Crippen LogP) is 1.63. The number of amides is 2. The highest BCUT2D eigenvalue weighted by Gasteiger charge is 2.34. The van der Waals surface area contributed by atoms with E-state index >= 15 is 0 Å². The molecule has 0 aliphatic carbocycles. The second-order valence-electron chi connectivity index (χ2n) is 5.34.